The van der Waals surface area contributed by atoms with Crippen molar-refractivity contribution in [1.29, 1.82) is 0 Å². The Balaban J connectivity index is 1.74. The Bertz CT molecular complexity index is 381. The zero-order valence-corrected chi connectivity index (χ0v) is 11.1. The molecule has 0 aromatic rings. The summed E-state index contributed by atoms with van der Waals surface area (Å²) in [4.78, 5) is 0. The second-order valence-corrected chi connectivity index (χ2v) is 6.71. The third-order valence-electron chi connectivity index (χ3n) is 6.19. The monoisotopic (exact) mass is 234 g/mol. The van der Waals surface area contributed by atoms with Crippen LogP contribution in [-0.2, 0) is 9.47 Å². The highest BCUT2D eigenvalue weighted by atomic mass is 16.6. The molecule has 2 heteroatoms. The topological polar surface area (TPSA) is 21.8 Å². The standard InChI is InChI=1S/C15H22O2/c1-5-8-16-10-12-15(17-12)9-11-6-7-14(15,4)13(11,2)3/h1,11-12H,6-10H2,2-4H3/t11-,12+,14-,15-/m1/s1. The lowest BCUT2D eigenvalue weighted by Gasteiger charge is -2.38. The molecule has 3 rings (SSSR count). The maximum absolute atomic E-state index is 6.09. The third kappa shape index (κ3) is 1.20. The Morgan fingerprint density at radius 3 is 2.71 bits per heavy atom. The fourth-order valence-corrected chi connectivity index (χ4v) is 4.58. The minimum absolute atomic E-state index is 0.105. The van der Waals surface area contributed by atoms with Gasteiger partial charge in [0.1, 0.15) is 18.3 Å². The van der Waals surface area contributed by atoms with Crippen molar-refractivity contribution in [1.82, 2.24) is 0 Å². The van der Waals surface area contributed by atoms with Crippen molar-refractivity contribution >= 4 is 0 Å². The second-order valence-electron chi connectivity index (χ2n) is 6.71. The summed E-state index contributed by atoms with van der Waals surface area (Å²) in [7, 11) is 0. The molecule has 0 N–H and O–H groups in total. The normalized spacial score (nSPS) is 49.5. The molecule has 1 heterocycles. The van der Waals surface area contributed by atoms with Crippen LogP contribution in [0.3, 0.4) is 0 Å². The molecule has 94 valence electrons. The first-order valence-electron chi connectivity index (χ1n) is 6.67. The molecule has 2 bridgehead atoms. The van der Waals surface area contributed by atoms with Gasteiger partial charge in [-0.15, -0.1) is 6.42 Å². The molecule has 1 aliphatic heterocycles. The van der Waals surface area contributed by atoms with Crippen LogP contribution in [0.25, 0.3) is 0 Å². The Morgan fingerprint density at radius 2 is 2.18 bits per heavy atom. The first-order valence-corrected chi connectivity index (χ1v) is 6.67. The average molecular weight is 234 g/mol. The molecule has 1 spiro atoms. The zero-order chi connectivity index (χ0) is 12.3. The summed E-state index contributed by atoms with van der Waals surface area (Å²) in [5.74, 6) is 3.34. The van der Waals surface area contributed by atoms with E-state index in [4.69, 9.17) is 15.9 Å². The Hall–Kier alpha value is -0.520. The molecule has 3 fully saturated rings. The molecule has 0 amide bonds. The van der Waals surface area contributed by atoms with Gasteiger partial charge in [0.25, 0.3) is 0 Å². The van der Waals surface area contributed by atoms with Crippen molar-refractivity contribution in [3.05, 3.63) is 0 Å². The van der Waals surface area contributed by atoms with E-state index in [-0.39, 0.29) is 11.7 Å². The van der Waals surface area contributed by atoms with E-state index in [1.54, 1.807) is 0 Å². The van der Waals surface area contributed by atoms with Crippen LogP contribution in [0.4, 0.5) is 0 Å². The fraction of sp³-hybridized carbons (Fsp3) is 0.867. The van der Waals surface area contributed by atoms with Gasteiger partial charge >= 0.3 is 0 Å². The van der Waals surface area contributed by atoms with Crippen LogP contribution in [0.15, 0.2) is 0 Å². The maximum Gasteiger partial charge on any atom is 0.111 e. The van der Waals surface area contributed by atoms with Crippen molar-refractivity contribution in [3.8, 4) is 12.3 Å². The Kier molecular flexibility index (Phi) is 2.23. The highest BCUT2D eigenvalue weighted by molar-refractivity contribution is 5.26. The molecule has 17 heavy (non-hydrogen) atoms. The summed E-state index contributed by atoms with van der Waals surface area (Å²) < 4.78 is 11.5. The number of fused-ring (bicyclic) bond motifs is 3. The molecular formula is C15H22O2. The van der Waals surface area contributed by atoms with Gasteiger partial charge < -0.3 is 9.47 Å². The molecule has 0 unspecified atom stereocenters. The van der Waals surface area contributed by atoms with Gasteiger partial charge in [-0.2, -0.15) is 0 Å². The van der Waals surface area contributed by atoms with E-state index in [1.807, 2.05) is 0 Å². The van der Waals surface area contributed by atoms with Crippen molar-refractivity contribution in [3.63, 3.8) is 0 Å². The number of ether oxygens (including phenoxy) is 2. The molecule has 2 nitrogen and oxygen atoms in total. The number of hydrogen-bond acceptors (Lipinski definition) is 2. The third-order valence-corrected chi connectivity index (χ3v) is 6.19. The zero-order valence-electron chi connectivity index (χ0n) is 11.1. The lowest BCUT2D eigenvalue weighted by Crippen LogP contribution is -2.40. The first kappa shape index (κ1) is 11.6. The van der Waals surface area contributed by atoms with Crippen molar-refractivity contribution in [2.24, 2.45) is 16.7 Å². The van der Waals surface area contributed by atoms with E-state index in [0.717, 1.165) is 5.92 Å². The lowest BCUT2D eigenvalue weighted by molar-refractivity contribution is 0.0701. The van der Waals surface area contributed by atoms with Crippen molar-refractivity contribution < 1.29 is 9.47 Å². The van der Waals surface area contributed by atoms with Crippen LogP contribution in [0.1, 0.15) is 40.0 Å². The predicted molar refractivity (Wildman–Crippen MR) is 66.5 cm³/mol. The van der Waals surface area contributed by atoms with Gasteiger partial charge in [-0.1, -0.05) is 26.7 Å². The van der Waals surface area contributed by atoms with Crippen LogP contribution in [-0.4, -0.2) is 24.9 Å². The largest absolute Gasteiger partial charge is 0.366 e. The van der Waals surface area contributed by atoms with Gasteiger partial charge in [0.05, 0.1) is 6.61 Å². The summed E-state index contributed by atoms with van der Waals surface area (Å²) in [6.07, 6.45) is 9.37. The van der Waals surface area contributed by atoms with E-state index in [9.17, 15) is 0 Å². The Labute approximate surface area is 104 Å². The van der Waals surface area contributed by atoms with Crippen LogP contribution in [0.2, 0.25) is 0 Å². The van der Waals surface area contributed by atoms with E-state index in [1.165, 1.54) is 19.3 Å². The fourth-order valence-electron chi connectivity index (χ4n) is 4.58. The predicted octanol–water partition coefficient (Wildman–Crippen LogP) is 2.62. The SMILES string of the molecule is C#CCOC[C@@H]1O[C@]12C[C@H]1CC[C@]2(C)C1(C)C. The molecule has 0 aromatic carbocycles. The minimum Gasteiger partial charge on any atom is -0.366 e. The van der Waals surface area contributed by atoms with Gasteiger partial charge in [-0.25, -0.2) is 0 Å². The van der Waals surface area contributed by atoms with Crippen molar-refractivity contribution in [2.45, 2.75) is 51.7 Å². The maximum atomic E-state index is 6.09. The Morgan fingerprint density at radius 1 is 1.41 bits per heavy atom. The lowest BCUT2D eigenvalue weighted by atomic mass is 9.65. The number of rotatable bonds is 3. The van der Waals surface area contributed by atoms with Gasteiger partial charge in [0.15, 0.2) is 0 Å². The number of terminal acetylenes is 1. The molecule has 2 saturated carbocycles. The number of epoxide rings is 1. The minimum atomic E-state index is 0.105. The van der Waals surface area contributed by atoms with Crippen LogP contribution >= 0.6 is 0 Å². The van der Waals surface area contributed by atoms with Crippen LogP contribution in [0, 0.1) is 29.1 Å². The summed E-state index contributed by atoms with van der Waals surface area (Å²) in [5.41, 5.74) is 0.844. The van der Waals surface area contributed by atoms with Gasteiger partial charge in [0, 0.05) is 5.41 Å². The van der Waals surface area contributed by atoms with E-state index < -0.39 is 0 Å². The second kappa shape index (κ2) is 3.28. The average Bonchev–Trinajstić information content (AvgIpc) is 2.88. The molecule has 1 saturated heterocycles. The first-order chi connectivity index (χ1) is 7.98. The highest BCUT2D eigenvalue weighted by Crippen LogP contribution is 2.76. The quantitative estimate of drug-likeness (QED) is 0.425. The highest BCUT2D eigenvalue weighted by Gasteiger charge is 2.78. The van der Waals surface area contributed by atoms with Crippen LogP contribution in [0.5, 0.6) is 0 Å². The molecule has 2 aliphatic carbocycles. The molecule has 3 aliphatic rings. The smallest absolute Gasteiger partial charge is 0.111 e. The molecule has 0 aromatic heterocycles. The van der Waals surface area contributed by atoms with Crippen LogP contribution < -0.4 is 0 Å². The molecular weight excluding hydrogens is 212 g/mol. The van der Waals surface area contributed by atoms with E-state index in [2.05, 4.69) is 26.7 Å². The summed E-state index contributed by atoms with van der Waals surface area (Å²) in [6.45, 7) is 8.32. The summed E-state index contributed by atoms with van der Waals surface area (Å²) >= 11 is 0. The van der Waals surface area contributed by atoms with E-state index >= 15 is 0 Å². The van der Waals surface area contributed by atoms with E-state index in [0.29, 0.717) is 24.0 Å². The molecule has 4 atom stereocenters. The number of hydrogen-bond donors (Lipinski definition) is 0. The summed E-state index contributed by atoms with van der Waals surface area (Å²) in [6, 6.07) is 0. The summed E-state index contributed by atoms with van der Waals surface area (Å²) in [5, 5.41) is 0. The van der Waals surface area contributed by atoms with Gasteiger partial charge in [-0.3, -0.25) is 0 Å². The van der Waals surface area contributed by atoms with Gasteiger partial charge in [0.2, 0.25) is 0 Å². The van der Waals surface area contributed by atoms with Crippen molar-refractivity contribution in [2.75, 3.05) is 13.2 Å². The van der Waals surface area contributed by atoms with Gasteiger partial charge in [-0.05, 0) is 30.6 Å². The molecule has 0 radical (unpaired) electrons.